The van der Waals surface area contributed by atoms with Gasteiger partial charge in [0.25, 0.3) is 0 Å². The van der Waals surface area contributed by atoms with Crippen LogP contribution in [0.15, 0.2) is 0 Å². The van der Waals surface area contributed by atoms with Crippen LogP contribution < -0.4 is 5.73 Å². The monoisotopic (exact) mass is 157 g/mol. The van der Waals surface area contributed by atoms with Crippen molar-refractivity contribution >= 4 is 0 Å². The number of hydrogen-bond donors (Lipinski definition) is 2. The first kappa shape index (κ1) is 9.01. The van der Waals surface area contributed by atoms with Gasteiger partial charge >= 0.3 is 0 Å². The third-order valence-corrected chi connectivity index (χ3v) is 2.57. The third kappa shape index (κ3) is 2.46. The van der Waals surface area contributed by atoms with Gasteiger partial charge in [-0.25, -0.2) is 0 Å². The van der Waals surface area contributed by atoms with Crippen LogP contribution in [-0.2, 0) is 0 Å². The Hall–Kier alpha value is -0.0800. The Morgan fingerprint density at radius 2 is 2.36 bits per heavy atom. The molecule has 1 rings (SSSR count). The average Bonchev–Trinajstić information content (AvgIpc) is 1.86. The van der Waals surface area contributed by atoms with Crippen LogP contribution in [-0.4, -0.2) is 16.7 Å². The van der Waals surface area contributed by atoms with Gasteiger partial charge in [0, 0.05) is 6.04 Å². The Labute approximate surface area is 68.8 Å². The smallest absolute Gasteiger partial charge is 0.0662 e. The van der Waals surface area contributed by atoms with Crippen LogP contribution in [0, 0.1) is 0 Å². The molecule has 0 amide bonds. The molecule has 66 valence electrons. The molecule has 2 heteroatoms. The number of aliphatic hydroxyl groups is 1. The Bertz CT molecular complexity index is 123. The van der Waals surface area contributed by atoms with E-state index in [4.69, 9.17) is 5.73 Å². The third-order valence-electron chi connectivity index (χ3n) is 2.57. The largest absolute Gasteiger partial charge is 0.390 e. The molecule has 0 aromatic rings. The zero-order valence-corrected chi connectivity index (χ0v) is 7.34. The average molecular weight is 157 g/mol. The highest BCUT2D eigenvalue weighted by atomic mass is 16.3. The summed E-state index contributed by atoms with van der Waals surface area (Å²) in [6.07, 6.45) is 5.92. The summed E-state index contributed by atoms with van der Waals surface area (Å²) < 4.78 is 0. The highest BCUT2D eigenvalue weighted by molar-refractivity contribution is 4.87. The van der Waals surface area contributed by atoms with Gasteiger partial charge in [0.05, 0.1) is 5.60 Å². The van der Waals surface area contributed by atoms with Crippen molar-refractivity contribution < 1.29 is 5.11 Å². The Balaban J connectivity index is 2.41. The first-order valence-electron chi connectivity index (χ1n) is 4.64. The lowest BCUT2D eigenvalue weighted by Crippen LogP contribution is -2.40. The molecule has 0 aromatic carbocycles. The maximum atomic E-state index is 9.96. The Kier molecular flexibility index (Phi) is 2.90. The fraction of sp³-hybridized carbons (Fsp3) is 1.00. The molecular formula is C9H19NO. The Morgan fingerprint density at radius 1 is 1.64 bits per heavy atom. The van der Waals surface area contributed by atoms with Gasteiger partial charge in [-0.15, -0.1) is 0 Å². The van der Waals surface area contributed by atoms with Crippen LogP contribution in [0.3, 0.4) is 0 Å². The van der Waals surface area contributed by atoms with Crippen molar-refractivity contribution in [2.75, 3.05) is 0 Å². The van der Waals surface area contributed by atoms with E-state index >= 15 is 0 Å². The maximum Gasteiger partial charge on any atom is 0.0662 e. The van der Waals surface area contributed by atoms with Crippen molar-refractivity contribution in [3.05, 3.63) is 0 Å². The predicted molar refractivity (Wildman–Crippen MR) is 46.3 cm³/mol. The molecule has 0 spiro atoms. The SMILES string of the molecule is CCCC1(O)CCCC(N)C1. The van der Waals surface area contributed by atoms with Crippen LogP contribution in [0.2, 0.25) is 0 Å². The summed E-state index contributed by atoms with van der Waals surface area (Å²) in [5.74, 6) is 0. The molecule has 2 unspecified atom stereocenters. The normalized spacial score (nSPS) is 39.0. The van der Waals surface area contributed by atoms with E-state index in [1.54, 1.807) is 0 Å². The van der Waals surface area contributed by atoms with Crippen molar-refractivity contribution in [2.45, 2.75) is 57.1 Å². The van der Waals surface area contributed by atoms with Crippen molar-refractivity contribution in [2.24, 2.45) is 5.73 Å². The van der Waals surface area contributed by atoms with Crippen LogP contribution in [0.1, 0.15) is 45.4 Å². The standard InChI is InChI=1S/C9H19NO/c1-2-5-9(11)6-3-4-8(10)7-9/h8,11H,2-7,10H2,1H3. The fourth-order valence-corrected chi connectivity index (χ4v) is 2.08. The van der Waals surface area contributed by atoms with Gasteiger partial charge in [0.1, 0.15) is 0 Å². The molecular weight excluding hydrogens is 138 g/mol. The highest BCUT2D eigenvalue weighted by Crippen LogP contribution is 2.30. The van der Waals surface area contributed by atoms with E-state index in [1.165, 1.54) is 0 Å². The molecule has 2 nitrogen and oxygen atoms in total. The molecule has 11 heavy (non-hydrogen) atoms. The van der Waals surface area contributed by atoms with Crippen LogP contribution in [0.5, 0.6) is 0 Å². The lowest BCUT2D eigenvalue weighted by atomic mass is 9.79. The number of hydrogen-bond acceptors (Lipinski definition) is 2. The molecule has 0 bridgehead atoms. The van der Waals surface area contributed by atoms with E-state index in [0.29, 0.717) is 0 Å². The van der Waals surface area contributed by atoms with E-state index in [-0.39, 0.29) is 6.04 Å². The van der Waals surface area contributed by atoms with Gasteiger partial charge < -0.3 is 10.8 Å². The van der Waals surface area contributed by atoms with E-state index < -0.39 is 5.60 Å². The molecule has 0 heterocycles. The second kappa shape index (κ2) is 3.55. The molecule has 0 saturated heterocycles. The van der Waals surface area contributed by atoms with Crippen molar-refractivity contribution in [3.8, 4) is 0 Å². The summed E-state index contributed by atoms with van der Waals surface area (Å²) in [6, 6.07) is 0.236. The lowest BCUT2D eigenvalue weighted by molar-refractivity contribution is -0.0104. The second-order valence-corrected chi connectivity index (χ2v) is 3.83. The van der Waals surface area contributed by atoms with Gasteiger partial charge in [0.2, 0.25) is 0 Å². The molecule has 1 aliphatic carbocycles. The molecule has 0 aliphatic heterocycles. The fourth-order valence-electron chi connectivity index (χ4n) is 2.08. The van der Waals surface area contributed by atoms with Crippen molar-refractivity contribution in [1.82, 2.24) is 0 Å². The summed E-state index contributed by atoms with van der Waals surface area (Å²) >= 11 is 0. The Morgan fingerprint density at radius 3 is 2.91 bits per heavy atom. The molecule has 0 aromatic heterocycles. The van der Waals surface area contributed by atoms with Gasteiger partial charge in [-0.1, -0.05) is 13.3 Å². The zero-order valence-electron chi connectivity index (χ0n) is 7.34. The van der Waals surface area contributed by atoms with E-state index in [1.807, 2.05) is 0 Å². The predicted octanol–water partition coefficient (Wildman–Crippen LogP) is 1.42. The van der Waals surface area contributed by atoms with E-state index in [2.05, 4.69) is 6.92 Å². The minimum atomic E-state index is -0.424. The molecule has 1 aliphatic rings. The summed E-state index contributed by atoms with van der Waals surface area (Å²) in [7, 11) is 0. The molecule has 0 radical (unpaired) electrons. The van der Waals surface area contributed by atoms with E-state index in [9.17, 15) is 5.11 Å². The second-order valence-electron chi connectivity index (χ2n) is 3.83. The summed E-state index contributed by atoms with van der Waals surface area (Å²) in [4.78, 5) is 0. The van der Waals surface area contributed by atoms with E-state index in [0.717, 1.165) is 38.5 Å². The molecule has 1 fully saturated rings. The highest BCUT2D eigenvalue weighted by Gasteiger charge is 2.31. The topological polar surface area (TPSA) is 46.2 Å². The van der Waals surface area contributed by atoms with Crippen molar-refractivity contribution in [1.29, 1.82) is 0 Å². The van der Waals surface area contributed by atoms with Gasteiger partial charge in [-0.05, 0) is 32.1 Å². The first-order valence-corrected chi connectivity index (χ1v) is 4.64. The first-order chi connectivity index (χ1) is 5.16. The van der Waals surface area contributed by atoms with Crippen LogP contribution in [0.4, 0.5) is 0 Å². The van der Waals surface area contributed by atoms with Gasteiger partial charge in [-0.2, -0.15) is 0 Å². The summed E-state index contributed by atoms with van der Waals surface area (Å²) in [5.41, 5.74) is 5.36. The lowest BCUT2D eigenvalue weighted by Gasteiger charge is -2.35. The van der Waals surface area contributed by atoms with Crippen LogP contribution >= 0.6 is 0 Å². The van der Waals surface area contributed by atoms with Gasteiger partial charge in [0.15, 0.2) is 0 Å². The number of rotatable bonds is 2. The molecule has 3 N–H and O–H groups in total. The number of nitrogens with two attached hydrogens (primary N) is 1. The molecule has 2 atom stereocenters. The summed E-state index contributed by atoms with van der Waals surface area (Å²) in [6.45, 7) is 2.11. The minimum Gasteiger partial charge on any atom is -0.390 e. The maximum absolute atomic E-state index is 9.96. The zero-order chi connectivity index (χ0) is 8.32. The quantitative estimate of drug-likeness (QED) is 0.636. The summed E-state index contributed by atoms with van der Waals surface area (Å²) in [5, 5.41) is 9.96. The molecule has 1 saturated carbocycles. The van der Waals surface area contributed by atoms with Gasteiger partial charge in [-0.3, -0.25) is 0 Å². The minimum absolute atomic E-state index is 0.236. The van der Waals surface area contributed by atoms with Crippen LogP contribution in [0.25, 0.3) is 0 Å². The van der Waals surface area contributed by atoms with Crippen molar-refractivity contribution in [3.63, 3.8) is 0 Å².